The summed E-state index contributed by atoms with van der Waals surface area (Å²) in [4.78, 5) is -0.0937. The highest BCUT2D eigenvalue weighted by Gasteiger charge is 2.18. The van der Waals surface area contributed by atoms with Gasteiger partial charge in [0.05, 0.1) is 15.7 Å². The summed E-state index contributed by atoms with van der Waals surface area (Å²) in [5, 5.41) is 3.08. The van der Waals surface area contributed by atoms with Crippen molar-refractivity contribution in [3.8, 4) is 0 Å². The first kappa shape index (κ1) is 15.8. The highest BCUT2D eigenvalue weighted by Crippen LogP contribution is 2.22. The van der Waals surface area contributed by atoms with Crippen LogP contribution in [-0.2, 0) is 10.8 Å². The van der Waals surface area contributed by atoms with Crippen LogP contribution in [-0.4, -0.2) is 17.0 Å². The number of hydrogen-bond donors (Lipinski definition) is 1. The van der Waals surface area contributed by atoms with Crippen molar-refractivity contribution in [2.75, 3.05) is 12.8 Å². The molecule has 0 saturated heterocycles. The third kappa shape index (κ3) is 3.74. The Bertz CT molecular complexity index is 660. The maximum absolute atomic E-state index is 13.7. The average molecular weight is 309 g/mol. The van der Waals surface area contributed by atoms with Crippen LogP contribution in [0, 0.1) is 18.6 Å². The van der Waals surface area contributed by atoms with Crippen LogP contribution in [0.25, 0.3) is 0 Å². The summed E-state index contributed by atoms with van der Waals surface area (Å²) in [6.07, 6.45) is 0. The van der Waals surface area contributed by atoms with Gasteiger partial charge in [0, 0.05) is 11.8 Å². The minimum absolute atomic E-state index is 0.0937. The number of rotatable bonds is 5. The molecule has 2 aromatic carbocycles. The molecule has 1 N–H and O–H groups in total. The van der Waals surface area contributed by atoms with Crippen LogP contribution in [0.1, 0.15) is 17.2 Å². The lowest BCUT2D eigenvalue weighted by Gasteiger charge is -2.18. The van der Waals surface area contributed by atoms with Crippen LogP contribution >= 0.6 is 0 Å². The summed E-state index contributed by atoms with van der Waals surface area (Å²) in [7, 11) is 0.139. The largest absolute Gasteiger partial charge is 0.312 e. The highest BCUT2D eigenvalue weighted by atomic mass is 32.2. The van der Waals surface area contributed by atoms with Crippen molar-refractivity contribution in [1.29, 1.82) is 0 Å². The van der Waals surface area contributed by atoms with E-state index in [4.69, 9.17) is 0 Å². The van der Waals surface area contributed by atoms with Crippen LogP contribution in [0.3, 0.4) is 0 Å². The van der Waals surface area contributed by atoms with E-state index in [1.54, 1.807) is 7.05 Å². The number of aryl methyl sites for hydroxylation is 1. The van der Waals surface area contributed by atoms with E-state index in [-0.39, 0.29) is 16.7 Å². The Balaban J connectivity index is 2.25. The van der Waals surface area contributed by atoms with E-state index >= 15 is 0 Å². The van der Waals surface area contributed by atoms with Crippen molar-refractivity contribution in [3.63, 3.8) is 0 Å². The maximum atomic E-state index is 13.7. The third-order valence-electron chi connectivity index (χ3n) is 3.37. The summed E-state index contributed by atoms with van der Waals surface area (Å²) >= 11 is 0. The van der Waals surface area contributed by atoms with Crippen LogP contribution in [0.5, 0.6) is 0 Å². The average Bonchev–Trinajstić information content (AvgIpc) is 2.48. The maximum Gasteiger partial charge on any atom is 0.139 e. The number of hydrogen-bond acceptors (Lipinski definition) is 2. The minimum Gasteiger partial charge on any atom is -0.312 e. The topological polar surface area (TPSA) is 29.1 Å². The third-order valence-corrected chi connectivity index (χ3v) is 4.81. The fourth-order valence-electron chi connectivity index (χ4n) is 2.20. The minimum atomic E-state index is -1.62. The zero-order valence-corrected chi connectivity index (χ0v) is 12.7. The van der Waals surface area contributed by atoms with Crippen molar-refractivity contribution in [2.45, 2.75) is 17.9 Å². The Morgan fingerprint density at radius 1 is 1.19 bits per heavy atom. The van der Waals surface area contributed by atoms with Crippen molar-refractivity contribution >= 4 is 10.8 Å². The smallest absolute Gasteiger partial charge is 0.139 e. The summed E-state index contributed by atoms with van der Waals surface area (Å²) < 4.78 is 39.2. The van der Waals surface area contributed by atoms with Gasteiger partial charge in [0.25, 0.3) is 0 Å². The second-order valence-corrected chi connectivity index (χ2v) is 6.25. The van der Waals surface area contributed by atoms with Crippen LogP contribution in [0.15, 0.2) is 47.4 Å². The molecule has 2 nitrogen and oxygen atoms in total. The molecule has 0 saturated carbocycles. The van der Waals surface area contributed by atoms with E-state index in [0.29, 0.717) is 0 Å². The second-order valence-electron chi connectivity index (χ2n) is 4.78. The Morgan fingerprint density at radius 3 is 2.57 bits per heavy atom. The lowest BCUT2D eigenvalue weighted by Crippen LogP contribution is -2.23. The summed E-state index contributed by atoms with van der Waals surface area (Å²) in [5.74, 6) is -1.05. The van der Waals surface area contributed by atoms with Crippen molar-refractivity contribution in [3.05, 3.63) is 65.2 Å². The van der Waals surface area contributed by atoms with Crippen LogP contribution in [0.4, 0.5) is 8.78 Å². The number of halogens is 2. The fraction of sp³-hybridized carbons (Fsp3) is 0.250. The Labute approximate surface area is 125 Å². The van der Waals surface area contributed by atoms with Crippen molar-refractivity contribution < 1.29 is 13.0 Å². The Hall–Kier alpha value is -1.59. The molecule has 0 aromatic heterocycles. The molecule has 0 spiro atoms. The van der Waals surface area contributed by atoms with Gasteiger partial charge < -0.3 is 5.32 Å². The molecule has 21 heavy (non-hydrogen) atoms. The molecule has 0 radical (unpaired) electrons. The molecule has 0 aliphatic heterocycles. The zero-order chi connectivity index (χ0) is 15.4. The predicted octanol–water partition coefficient (Wildman–Crippen LogP) is 3.34. The Morgan fingerprint density at radius 2 is 1.90 bits per heavy atom. The fourth-order valence-corrected chi connectivity index (χ4v) is 3.56. The van der Waals surface area contributed by atoms with Gasteiger partial charge in [-0.3, -0.25) is 4.21 Å². The molecule has 2 aromatic rings. The van der Waals surface area contributed by atoms with Gasteiger partial charge in [0.2, 0.25) is 0 Å². The molecule has 2 rings (SSSR count). The zero-order valence-electron chi connectivity index (χ0n) is 11.9. The monoisotopic (exact) mass is 309 g/mol. The normalized spacial score (nSPS) is 13.9. The van der Waals surface area contributed by atoms with E-state index in [9.17, 15) is 13.0 Å². The molecule has 0 bridgehead atoms. The van der Waals surface area contributed by atoms with Gasteiger partial charge in [-0.1, -0.05) is 24.3 Å². The van der Waals surface area contributed by atoms with Gasteiger partial charge in [-0.05, 0) is 43.3 Å². The molecule has 112 valence electrons. The number of nitrogens with one attached hydrogen (secondary N) is 1. The number of benzene rings is 2. The standard InChI is InChI=1S/C16H17F2NOS/c1-11-5-3-4-6-13(11)15(19-2)10-21(20)16-9-12(17)7-8-14(16)18/h3-9,15,19H,10H2,1-2H3. The first-order chi connectivity index (χ1) is 10.0. The van der Waals surface area contributed by atoms with E-state index in [1.165, 1.54) is 0 Å². The molecule has 5 heteroatoms. The van der Waals surface area contributed by atoms with E-state index in [0.717, 1.165) is 29.3 Å². The van der Waals surface area contributed by atoms with Crippen molar-refractivity contribution in [1.82, 2.24) is 5.32 Å². The quantitative estimate of drug-likeness (QED) is 0.918. The van der Waals surface area contributed by atoms with Gasteiger partial charge in [-0.25, -0.2) is 8.78 Å². The van der Waals surface area contributed by atoms with Gasteiger partial charge >= 0.3 is 0 Å². The molecular weight excluding hydrogens is 292 g/mol. The van der Waals surface area contributed by atoms with Gasteiger partial charge in [-0.15, -0.1) is 0 Å². The summed E-state index contributed by atoms with van der Waals surface area (Å²) in [5.41, 5.74) is 2.07. The molecule has 0 aliphatic rings. The summed E-state index contributed by atoms with van der Waals surface area (Å²) in [6, 6.07) is 10.6. The van der Waals surface area contributed by atoms with Gasteiger partial charge in [0.15, 0.2) is 0 Å². The first-order valence-corrected chi connectivity index (χ1v) is 7.91. The lowest BCUT2D eigenvalue weighted by atomic mass is 10.0. The van der Waals surface area contributed by atoms with Crippen LogP contribution < -0.4 is 5.32 Å². The van der Waals surface area contributed by atoms with Crippen LogP contribution in [0.2, 0.25) is 0 Å². The first-order valence-electron chi connectivity index (χ1n) is 6.59. The Kier molecular flexibility index (Phi) is 5.20. The van der Waals surface area contributed by atoms with Gasteiger partial charge in [-0.2, -0.15) is 0 Å². The van der Waals surface area contributed by atoms with E-state index < -0.39 is 22.4 Å². The summed E-state index contributed by atoms with van der Waals surface area (Å²) in [6.45, 7) is 1.96. The van der Waals surface area contributed by atoms with E-state index in [2.05, 4.69) is 5.32 Å². The molecule has 0 heterocycles. The molecule has 0 amide bonds. The molecular formula is C16H17F2NOS. The van der Waals surface area contributed by atoms with Crippen molar-refractivity contribution in [2.24, 2.45) is 0 Å². The molecule has 0 aliphatic carbocycles. The lowest BCUT2D eigenvalue weighted by molar-refractivity contribution is 0.569. The molecule has 2 unspecified atom stereocenters. The molecule has 0 fully saturated rings. The SMILES string of the molecule is CNC(CS(=O)c1cc(F)ccc1F)c1ccccc1C. The predicted molar refractivity (Wildman–Crippen MR) is 80.6 cm³/mol. The van der Waals surface area contributed by atoms with Gasteiger partial charge in [0.1, 0.15) is 11.6 Å². The highest BCUT2D eigenvalue weighted by molar-refractivity contribution is 7.85. The van der Waals surface area contributed by atoms with E-state index in [1.807, 2.05) is 31.2 Å². The molecule has 2 atom stereocenters. The second kappa shape index (κ2) is 6.91.